The summed E-state index contributed by atoms with van der Waals surface area (Å²) in [4.78, 5) is 18.4. The molecular formula is C11H14N4OS. The van der Waals surface area contributed by atoms with Crippen molar-refractivity contribution in [1.29, 1.82) is 0 Å². The van der Waals surface area contributed by atoms with Crippen LogP contribution in [-0.2, 0) is 4.79 Å². The van der Waals surface area contributed by atoms with Gasteiger partial charge in [0, 0.05) is 5.75 Å². The topological polar surface area (TPSA) is 97.8 Å². The average molecular weight is 250 g/mol. The Labute approximate surface area is 103 Å². The fraction of sp³-hybridized carbons (Fsp3) is 0.273. The summed E-state index contributed by atoms with van der Waals surface area (Å²) in [6, 6.07) is 5.35. The summed E-state index contributed by atoms with van der Waals surface area (Å²) < 4.78 is 0. The first-order valence-corrected chi connectivity index (χ1v) is 6.19. The molecule has 5 nitrogen and oxygen atoms in total. The molecule has 0 saturated heterocycles. The Morgan fingerprint density at radius 1 is 1.59 bits per heavy atom. The summed E-state index contributed by atoms with van der Waals surface area (Å²) in [5, 5.41) is 0.752. The maximum atomic E-state index is 10.8. The minimum atomic E-state index is -0.644. The number of nitrogens with two attached hydrogens (primary N) is 2. The molecule has 0 radical (unpaired) electrons. The van der Waals surface area contributed by atoms with E-state index in [9.17, 15) is 4.79 Å². The van der Waals surface area contributed by atoms with Crippen molar-refractivity contribution in [1.82, 2.24) is 9.97 Å². The summed E-state index contributed by atoms with van der Waals surface area (Å²) in [5.74, 6) is -0.0711. The van der Waals surface area contributed by atoms with Gasteiger partial charge in [-0.2, -0.15) is 0 Å². The number of carbonyl (C=O) groups excluding carboxylic acids is 1. The van der Waals surface area contributed by atoms with Gasteiger partial charge in [-0.1, -0.05) is 17.8 Å². The smallest absolute Gasteiger partial charge is 0.235 e. The van der Waals surface area contributed by atoms with E-state index in [1.54, 1.807) is 0 Å². The number of aromatic nitrogens is 2. The lowest BCUT2D eigenvalue weighted by Gasteiger charge is -2.03. The predicted molar refractivity (Wildman–Crippen MR) is 68.7 cm³/mol. The molecule has 0 fully saturated rings. The van der Waals surface area contributed by atoms with Gasteiger partial charge in [-0.3, -0.25) is 4.79 Å². The van der Waals surface area contributed by atoms with Crippen molar-refractivity contribution >= 4 is 28.7 Å². The van der Waals surface area contributed by atoms with E-state index < -0.39 is 11.9 Å². The van der Waals surface area contributed by atoms with Crippen LogP contribution in [0.4, 0.5) is 0 Å². The number of aromatic amines is 1. The van der Waals surface area contributed by atoms with Gasteiger partial charge in [0.1, 0.15) is 0 Å². The minimum absolute atomic E-state index is 0.425. The van der Waals surface area contributed by atoms with Gasteiger partial charge in [0.2, 0.25) is 5.91 Å². The molecule has 1 atom stereocenters. The Kier molecular flexibility index (Phi) is 3.35. The Hall–Kier alpha value is -1.53. The Balaban J connectivity index is 2.12. The number of nitrogens with zero attached hydrogens (tertiary/aromatic N) is 1. The summed E-state index contributed by atoms with van der Waals surface area (Å²) in [7, 11) is 0. The monoisotopic (exact) mass is 250 g/mol. The number of hydrogen-bond donors (Lipinski definition) is 3. The zero-order valence-electron chi connectivity index (χ0n) is 9.43. The number of amides is 1. The predicted octanol–water partition coefficient (Wildman–Crippen LogP) is 0.776. The highest BCUT2D eigenvalue weighted by molar-refractivity contribution is 7.99. The molecule has 0 aliphatic rings. The maximum absolute atomic E-state index is 10.8. The largest absolute Gasteiger partial charge is 0.368 e. The van der Waals surface area contributed by atoms with E-state index in [1.807, 2.05) is 25.1 Å². The zero-order valence-corrected chi connectivity index (χ0v) is 10.3. The molecule has 0 aliphatic carbocycles. The van der Waals surface area contributed by atoms with Gasteiger partial charge in [0.15, 0.2) is 5.16 Å². The normalized spacial score (nSPS) is 12.8. The second-order valence-electron chi connectivity index (χ2n) is 3.88. The molecule has 2 aromatic rings. The molecule has 1 aromatic carbocycles. The van der Waals surface area contributed by atoms with Crippen LogP contribution in [0.3, 0.4) is 0 Å². The number of benzene rings is 1. The molecule has 2 rings (SSSR count). The molecule has 0 saturated carbocycles. The van der Waals surface area contributed by atoms with E-state index in [4.69, 9.17) is 11.5 Å². The number of aryl methyl sites for hydroxylation is 1. The van der Waals surface area contributed by atoms with Gasteiger partial charge in [0.25, 0.3) is 0 Å². The van der Waals surface area contributed by atoms with Crippen molar-refractivity contribution in [2.75, 3.05) is 5.75 Å². The van der Waals surface area contributed by atoms with Crippen LogP contribution in [0.15, 0.2) is 23.4 Å². The zero-order chi connectivity index (χ0) is 12.4. The number of H-pyrrole nitrogens is 1. The number of fused-ring (bicyclic) bond motifs is 1. The highest BCUT2D eigenvalue weighted by atomic mass is 32.2. The standard InChI is InChI=1S/C11H14N4OS/c1-6-2-3-8-9(4-6)15-11(14-8)17-5-7(12)10(13)16/h2-4,7H,5,12H2,1H3,(H2,13,16)(H,14,15). The van der Waals surface area contributed by atoms with Gasteiger partial charge < -0.3 is 16.5 Å². The molecule has 6 heteroatoms. The third-order valence-electron chi connectivity index (χ3n) is 2.38. The van der Waals surface area contributed by atoms with E-state index in [2.05, 4.69) is 9.97 Å². The lowest BCUT2D eigenvalue weighted by atomic mass is 10.2. The molecule has 90 valence electrons. The maximum Gasteiger partial charge on any atom is 0.235 e. The number of primary amides is 1. The molecule has 5 N–H and O–H groups in total. The van der Waals surface area contributed by atoms with Gasteiger partial charge >= 0.3 is 0 Å². The van der Waals surface area contributed by atoms with Gasteiger partial charge in [-0.25, -0.2) is 4.98 Å². The second kappa shape index (κ2) is 4.77. The lowest BCUT2D eigenvalue weighted by molar-refractivity contribution is -0.118. The number of rotatable bonds is 4. The highest BCUT2D eigenvalue weighted by Crippen LogP contribution is 2.20. The van der Waals surface area contributed by atoms with Crippen molar-refractivity contribution in [3.63, 3.8) is 0 Å². The SMILES string of the molecule is Cc1ccc2nc(SCC(N)C(N)=O)[nH]c2c1. The fourth-order valence-corrected chi connectivity index (χ4v) is 2.27. The number of nitrogens with one attached hydrogen (secondary N) is 1. The third-order valence-corrected chi connectivity index (χ3v) is 3.37. The van der Waals surface area contributed by atoms with E-state index in [1.165, 1.54) is 17.3 Å². The molecule has 0 bridgehead atoms. The fourth-order valence-electron chi connectivity index (χ4n) is 1.42. The van der Waals surface area contributed by atoms with Crippen molar-refractivity contribution in [3.05, 3.63) is 23.8 Å². The summed E-state index contributed by atoms with van der Waals surface area (Å²) in [6.07, 6.45) is 0. The highest BCUT2D eigenvalue weighted by Gasteiger charge is 2.11. The van der Waals surface area contributed by atoms with E-state index in [0.29, 0.717) is 5.75 Å². The summed E-state index contributed by atoms with van der Waals surface area (Å²) in [5.41, 5.74) is 13.7. The van der Waals surface area contributed by atoms with Crippen LogP contribution in [0.5, 0.6) is 0 Å². The van der Waals surface area contributed by atoms with Crippen LogP contribution in [0.2, 0.25) is 0 Å². The second-order valence-corrected chi connectivity index (χ2v) is 4.89. The van der Waals surface area contributed by atoms with Crippen LogP contribution >= 0.6 is 11.8 Å². The third kappa shape index (κ3) is 2.78. The molecule has 17 heavy (non-hydrogen) atoms. The van der Waals surface area contributed by atoms with Crippen LogP contribution in [0.25, 0.3) is 11.0 Å². The molecule has 1 unspecified atom stereocenters. The van der Waals surface area contributed by atoms with Crippen LogP contribution in [-0.4, -0.2) is 27.7 Å². The summed E-state index contributed by atoms with van der Waals surface area (Å²) >= 11 is 1.40. The van der Waals surface area contributed by atoms with E-state index >= 15 is 0 Å². The van der Waals surface area contributed by atoms with E-state index in [0.717, 1.165) is 16.2 Å². The summed E-state index contributed by atoms with van der Waals surface area (Å²) in [6.45, 7) is 2.02. The first-order valence-electron chi connectivity index (χ1n) is 5.20. The molecule has 0 aliphatic heterocycles. The van der Waals surface area contributed by atoms with Crippen LogP contribution in [0, 0.1) is 6.92 Å². The molecular weight excluding hydrogens is 236 g/mol. The first-order chi connectivity index (χ1) is 8.06. The molecule has 1 heterocycles. The average Bonchev–Trinajstić information content (AvgIpc) is 2.67. The molecule has 1 amide bonds. The van der Waals surface area contributed by atoms with Crippen LogP contribution < -0.4 is 11.5 Å². The van der Waals surface area contributed by atoms with Gasteiger partial charge in [-0.15, -0.1) is 0 Å². The number of hydrogen-bond acceptors (Lipinski definition) is 4. The quantitative estimate of drug-likeness (QED) is 0.698. The van der Waals surface area contributed by atoms with Crippen molar-refractivity contribution in [2.45, 2.75) is 18.1 Å². The Bertz CT molecular complexity index is 551. The van der Waals surface area contributed by atoms with Crippen LogP contribution in [0.1, 0.15) is 5.56 Å². The van der Waals surface area contributed by atoms with Crippen molar-refractivity contribution in [2.24, 2.45) is 11.5 Å². The van der Waals surface area contributed by atoms with Crippen molar-refractivity contribution < 1.29 is 4.79 Å². The first kappa shape index (κ1) is 11.9. The van der Waals surface area contributed by atoms with Crippen molar-refractivity contribution in [3.8, 4) is 0 Å². The van der Waals surface area contributed by atoms with Gasteiger partial charge in [0.05, 0.1) is 17.1 Å². The Morgan fingerprint density at radius 2 is 2.35 bits per heavy atom. The number of carbonyl (C=O) groups is 1. The minimum Gasteiger partial charge on any atom is -0.368 e. The molecule has 1 aromatic heterocycles. The van der Waals surface area contributed by atoms with E-state index in [-0.39, 0.29) is 0 Å². The Morgan fingerprint density at radius 3 is 3.06 bits per heavy atom. The molecule has 0 spiro atoms. The lowest BCUT2D eigenvalue weighted by Crippen LogP contribution is -2.38. The number of imidazole rings is 1. The van der Waals surface area contributed by atoms with Gasteiger partial charge in [-0.05, 0) is 24.6 Å². The number of thioether (sulfide) groups is 1.